The number of aromatic nitrogens is 1. The molecule has 2 aromatic rings. The van der Waals surface area contributed by atoms with Gasteiger partial charge < -0.3 is 9.72 Å². The molecule has 0 atom stereocenters. The standard InChI is InChI=1S/C16H19NO2/c1-2-9-19-14-8-4-7-13-15(14)12(10-17-13)16(18)11-5-3-6-11/h4,7-8,10-11,17H,2-3,5-6,9H2,1H3. The van der Waals surface area contributed by atoms with Crippen molar-refractivity contribution in [3.63, 3.8) is 0 Å². The average molecular weight is 257 g/mol. The Morgan fingerprint density at radius 3 is 2.95 bits per heavy atom. The van der Waals surface area contributed by atoms with Crippen LogP contribution in [0.15, 0.2) is 24.4 Å². The second kappa shape index (κ2) is 5.08. The van der Waals surface area contributed by atoms with Gasteiger partial charge in [0, 0.05) is 23.2 Å². The van der Waals surface area contributed by atoms with Crippen LogP contribution >= 0.6 is 0 Å². The number of hydrogen-bond donors (Lipinski definition) is 1. The highest BCUT2D eigenvalue weighted by molar-refractivity contribution is 6.11. The minimum absolute atomic E-state index is 0.221. The molecule has 0 radical (unpaired) electrons. The Balaban J connectivity index is 2.01. The van der Waals surface area contributed by atoms with Crippen molar-refractivity contribution in [2.45, 2.75) is 32.6 Å². The normalized spacial score (nSPS) is 15.4. The van der Waals surface area contributed by atoms with Crippen LogP contribution in [0, 0.1) is 5.92 Å². The van der Waals surface area contributed by atoms with E-state index in [1.165, 1.54) is 6.42 Å². The smallest absolute Gasteiger partial charge is 0.168 e. The van der Waals surface area contributed by atoms with Gasteiger partial charge in [0.05, 0.1) is 12.0 Å². The molecule has 1 N–H and O–H groups in total. The van der Waals surface area contributed by atoms with E-state index in [4.69, 9.17) is 4.74 Å². The van der Waals surface area contributed by atoms with Crippen LogP contribution < -0.4 is 4.74 Å². The van der Waals surface area contributed by atoms with Gasteiger partial charge in [0.15, 0.2) is 5.78 Å². The van der Waals surface area contributed by atoms with Gasteiger partial charge >= 0.3 is 0 Å². The Morgan fingerprint density at radius 2 is 2.26 bits per heavy atom. The van der Waals surface area contributed by atoms with E-state index in [9.17, 15) is 4.79 Å². The number of rotatable bonds is 5. The van der Waals surface area contributed by atoms with Gasteiger partial charge in [0.1, 0.15) is 5.75 Å². The van der Waals surface area contributed by atoms with E-state index in [1.807, 2.05) is 24.4 Å². The van der Waals surface area contributed by atoms with Crippen molar-refractivity contribution in [3.8, 4) is 5.75 Å². The number of ketones is 1. The highest BCUT2D eigenvalue weighted by Crippen LogP contribution is 2.35. The molecule has 0 aliphatic heterocycles. The Hall–Kier alpha value is -1.77. The quantitative estimate of drug-likeness (QED) is 0.824. The molecule has 0 spiro atoms. The molecule has 1 heterocycles. The number of benzene rings is 1. The number of aromatic amines is 1. The fourth-order valence-electron chi connectivity index (χ4n) is 2.57. The van der Waals surface area contributed by atoms with Crippen molar-refractivity contribution in [1.82, 2.24) is 4.98 Å². The summed E-state index contributed by atoms with van der Waals surface area (Å²) in [7, 11) is 0. The third-order valence-electron chi connectivity index (χ3n) is 3.87. The Labute approximate surface area is 113 Å². The first-order chi connectivity index (χ1) is 9.31. The van der Waals surface area contributed by atoms with Crippen LogP contribution in [0.25, 0.3) is 10.9 Å². The third-order valence-corrected chi connectivity index (χ3v) is 3.87. The second-order valence-electron chi connectivity index (χ2n) is 5.22. The summed E-state index contributed by atoms with van der Waals surface area (Å²) in [6, 6.07) is 5.90. The summed E-state index contributed by atoms with van der Waals surface area (Å²) in [4.78, 5) is 15.6. The molecule has 100 valence electrons. The first kappa shape index (κ1) is 12.3. The number of hydrogen-bond acceptors (Lipinski definition) is 2. The van der Waals surface area contributed by atoms with Crippen molar-refractivity contribution >= 4 is 16.7 Å². The van der Waals surface area contributed by atoms with Crippen LogP contribution in [0.1, 0.15) is 43.0 Å². The lowest BCUT2D eigenvalue weighted by molar-refractivity contribution is 0.0857. The second-order valence-corrected chi connectivity index (χ2v) is 5.22. The van der Waals surface area contributed by atoms with Crippen LogP contribution in [0.5, 0.6) is 5.75 Å². The van der Waals surface area contributed by atoms with Crippen molar-refractivity contribution in [3.05, 3.63) is 30.0 Å². The maximum absolute atomic E-state index is 12.5. The number of nitrogens with one attached hydrogen (secondary N) is 1. The summed E-state index contributed by atoms with van der Waals surface area (Å²) in [6.45, 7) is 2.76. The lowest BCUT2D eigenvalue weighted by atomic mass is 9.80. The van der Waals surface area contributed by atoms with Crippen molar-refractivity contribution < 1.29 is 9.53 Å². The van der Waals surface area contributed by atoms with E-state index < -0.39 is 0 Å². The molecule has 19 heavy (non-hydrogen) atoms. The molecular weight excluding hydrogens is 238 g/mol. The number of Topliss-reactive ketones (excluding diaryl/α,β-unsaturated/α-hetero) is 1. The highest BCUT2D eigenvalue weighted by atomic mass is 16.5. The summed E-state index contributed by atoms with van der Waals surface area (Å²) in [6.07, 6.45) is 6.04. The largest absolute Gasteiger partial charge is 0.493 e. The summed E-state index contributed by atoms with van der Waals surface area (Å²) >= 11 is 0. The van der Waals surface area contributed by atoms with Crippen LogP contribution in [-0.2, 0) is 0 Å². The monoisotopic (exact) mass is 257 g/mol. The zero-order valence-corrected chi connectivity index (χ0v) is 11.2. The molecule has 0 unspecified atom stereocenters. The van der Waals surface area contributed by atoms with E-state index in [-0.39, 0.29) is 11.7 Å². The highest BCUT2D eigenvalue weighted by Gasteiger charge is 2.28. The maximum Gasteiger partial charge on any atom is 0.168 e. The number of ether oxygens (including phenoxy) is 1. The van der Waals surface area contributed by atoms with Crippen LogP contribution in [0.4, 0.5) is 0 Å². The maximum atomic E-state index is 12.5. The molecule has 0 saturated heterocycles. The molecule has 1 saturated carbocycles. The summed E-state index contributed by atoms with van der Waals surface area (Å²) in [5.41, 5.74) is 1.78. The minimum atomic E-state index is 0.221. The number of H-pyrrole nitrogens is 1. The van der Waals surface area contributed by atoms with Gasteiger partial charge in [-0.25, -0.2) is 0 Å². The molecule has 3 rings (SSSR count). The van der Waals surface area contributed by atoms with Gasteiger partial charge in [-0.2, -0.15) is 0 Å². The van der Waals surface area contributed by atoms with Gasteiger partial charge in [-0.3, -0.25) is 4.79 Å². The molecule has 0 bridgehead atoms. The number of carbonyl (C=O) groups is 1. The van der Waals surface area contributed by atoms with E-state index in [2.05, 4.69) is 11.9 Å². The molecule has 3 nitrogen and oxygen atoms in total. The SMILES string of the molecule is CCCOc1cccc2[nH]cc(C(=O)C3CCC3)c12. The van der Waals surface area contributed by atoms with Gasteiger partial charge in [0.2, 0.25) is 0 Å². The van der Waals surface area contributed by atoms with Gasteiger partial charge in [-0.1, -0.05) is 19.4 Å². The molecule has 3 heteroatoms. The average Bonchev–Trinajstić information content (AvgIpc) is 2.78. The van der Waals surface area contributed by atoms with Gasteiger partial charge in [-0.05, 0) is 31.4 Å². The predicted octanol–water partition coefficient (Wildman–Crippen LogP) is 3.94. The summed E-state index contributed by atoms with van der Waals surface area (Å²) < 4.78 is 5.78. The Kier molecular flexibility index (Phi) is 3.28. The lowest BCUT2D eigenvalue weighted by Crippen LogP contribution is -2.21. The van der Waals surface area contributed by atoms with Crippen LogP contribution in [-0.4, -0.2) is 17.4 Å². The van der Waals surface area contributed by atoms with Crippen molar-refractivity contribution in [1.29, 1.82) is 0 Å². The van der Waals surface area contributed by atoms with E-state index in [0.717, 1.165) is 41.5 Å². The first-order valence-electron chi connectivity index (χ1n) is 7.08. The fourth-order valence-corrected chi connectivity index (χ4v) is 2.57. The van der Waals surface area contributed by atoms with E-state index in [1.54, 1.807) is 0 Å². The number of carbonyl (C=O) groups excluding carboxylic acids is 1. The Morgan fingerprint density at radius 1 is 1.42 bits per heavy atom. The van der Waals surface area contributed by atoms with Crippen molar-refractivity contribution in [2.75, 3.05) is 6.61 Å². The zero-order chi connectivity index (χ0) is 13.2. The molecule has 1 aromatic carbocycles. The third kappa shape index (κ3) is 2.14. The molecule has 0 amide bonds. The number of fused-ring (bicyclic) bond motifs is 1. The lowest BCUT2D eigenvalue weighted by Gasteiger charge is -2.23. The first-order valence-corrected chi connectivity index (χ1v) is 7.08. The topological polar surface area (TPSA) is 42.1 Å². The van der Waals surface area contributed by atoms with Gasteiger partial charge in [0.25, 0.3) is 0 Å². The molecule has 1 aliphatic carbocycles. The molecule has 1 fully saturated rings. The summed E-state index contributed by atoms with van der Waals surface area (Å²) in [5, 5.41) is 0.952. The Bertz CT molecular complexity index is 596. The fraction of sp³-hybridized carbons (Fsp3) is 0.438. The van der Waals surface area contributed by atoms with Crippen LogP contribution in [0.3, 0.4) is 0 Å². The molecular formula is C16H19NO2. The predicted molar refractivity (Wildman–Crippen MR) is 75.8 cm³/mol. The van der Waals surface area contributed by atoms with Crippen LogP contribution in [0.2, 0.25) is 0 Å². The minimum Gasteiger partial charge on any atom is -0.493 e. The van der Waals surface area contributed by atoms with E-state index in [0.29, 0.717) is 6.61 Å². The van der Waals surface area contributed by atoms with Crippen molar-refractivity contribution in [2.24, 2.45) is 5.92 Å². The molecule has 1 aliphatic rings. The zero-order valence-electron chi connectivity index (χ0n) is 11.2. The van der Waals surface area contributed by atoms with Gasteiger partial charge in [-0.15, -0.1) is 0 Å². The molecule has 1 aromatic heterocycles. The van der Waals surface area contributed by atoms with E-state index >= 15 is 0 Å². The summed E-state index contributed by atoms with van der Waals surface area (Å²) in [5.74, 6) is 1.31.